The quantitative estimate of drug-likeness (QED) is 0.678. The maximum atomic E-state index is 10.5. The number of phenols is 1. The summed E-state index contributed by atoms with van der Waals surface area (Å²) in [6.07, 6.45) is 1.66. The molecule has 1 aromatic carbocycles. The van der Waals surface area contributed by atoms with E-state index in [0.29, 0.717) is 35.1 Å². The summed E-state index contributed by atoms with van der Waals surface area (Å²) in [5.74, 6) is 1.31. The number of anilines is 1. The van der Waals surface area contributed by atoms with Gasteiger partial charge in [0.05, 0.1) is 6.20 Å². The molecule has 3 aromatic rings. The number of nitrogens with zero attached hydrogens (tertiary/aromatic N) is 6. The van der Waals surface area contributed by atoms with Gasteiger partial charge >= 0.3 is 0 Å². The molecule has 2 atom stereocenters. The van der Waals surface area contributed by atoms with E-state index in [0.717, 1.165) is 18.7 Å². The van der Waals surface area contributed by atoms with Crippen LogP contribution in [-0.2, 0) is 0 Å². The van der Waals surface area contributed by atoms with Gasteiger partial charge in [0.15, 0.2) is 5.82 Å². The lowest BCUT2D eigenvalue weighted by molar-refractivity contribution is 0.227. The maximum Gasteiger partial charge on any atom is 0.245 e. The van der Waals surface area contributed by atoms with Crippen LogP contribution in [0.5, 0.6) is 5.75 Å². The zero-order valence-corrected chi connectivity index (χ0v) is 17.8. The number of phenolic OH excluding ortho intramolecular Hbond substituents is 1. The van der Waals surface area contributed by atoms with E-state index in [1.165, 1.54) is 11.5 Å². The molecule has 2 aromatic heterocycles. The predicted octanol–water partition coefficient (Wildman–Crippen LogP) is 2.98. The van der Waals surface area contributed by atoms with Crippen LogP contribution in [0.1, 0.15) is 27.7 Å². The van der Waals surface area contributed by atoms with Crippen molar-refractivity contribution in [3.63, 3.8) is 0 Å². The SMILES string of the molecule is C[C@@H]1CN(c2ncc(-c3ccc(-c4ncsn4)cc3O)nn2)C[C@H](C(C)(C)C)N1. The molecule has 2 N–H and O–H groups in total. The standard InChI is InChI=1S/C20H25N7OS/c1-12-9-27(10-17(23-12)20(2,3)4)19-21-8-15(24-25-19)14-6-5-13(7-16(14)28)18-22-11-29-26-18/h5-8,11-12,17,23,28H,9-10H2,1-4H3/t12-,17-/m1/s1. The van der Waals surface area contributed by atoms with E-state index in [1.807, 2.05) is 6.07 Å². The zero-order valence-electron chi connectivity index (χ0n) is 17.0. The number of hydrogen-bond donors (Lipinski definition) is 2. The maximum absolute atomic E-state index is 10.5. The van der Waals surface area contributed by atoms with Crippen molar-refractivity contribution in [1.82, 2.24) is 29.9 Å². The van der Waals surface area contributed by atoms with E-state index in [-0.39, 0.29) is 11.2 Å². The largest absolute Gasteiger partial charge is 0.507 e. The molecule has 0 spiro atoms. The van der Waals surface area contributed by atoms with Crippen molar-refractivity contribution < 1.29 is 5.11 Å². The molecular weight excluding hydrogens is 386 g/mol. The summed E-state index contributed by atoms with van der Waals surface area (Å²) in [7, 11) is 0. The second kappa shape index (κ2) is 7.64. The second-order valence-electron chi connectivity index (χ2n) is 8.52. The van der Waals surface area contributed by atoms with Gasteiger partial charge in [0, 0.05) is 36.3 Å². The van der Waals surface area contributed by atoms with Gasteiger partial charge in [-0.05, 0) is 36.0 Å². The number of aromatic nitrogens is 5. The van der Waals surface area contributed by atoms with Gasteiger partial charge in [0.1, 0.15) is 17.0 Å². The Labute approximate surface area is 174 Å². The van der Waals surface area contributed by atoms with Crippen LogP contribution in [0.3, 0.4) is 0 Å². The Balaban J connectivity index is 1.55. The lowest BCUT2D eigenvalue weighted by Gasteiger charge is -2.43. The van der Waals surface area contributed by atoms with Crippen molar-refractivity contribution >= 4 is 17.5 Å². The third-order valence-electron chi connectivity index (χ3n) is 5.15. The number of piperazine rings is 1. The van der Waals surface area contributed by atoms with Crippen LogP contribution in [0.15, 0.2) is 29.9 Å². The summed E-state index contributed by atoms with van der Waals surface area (Å²) >= 11 is 1.27. The molecule has 0 radical (unpaired) electrons. The molecule has 1 aliphatic rings. The summed E-state index contributed by atoms with van der Waals surface area (Å²) < 4.78 is 4.19. The van der Waals surface area contributed by atoms with E-state index in [4.69, 9.17) is 0 Å². The zero-order chi connectivity index (χ0) is 20.6. The summed E-state index contributed by atoms with van der Waals surface area (Å²) in [5.41, 5.74) is 3.67. The second-order valence-corrected chi connectivity index (χ2v) is 9.13. The van der Waals surface area contributed by atoms with E-state index in [1.54, 1.807) is 23.8 Å². The third kappa shape index (κ3) is 4.20. The van der Waals surface area contributed by atoms with Crippen molar-refractivity contribution in [2.45, 2.75) is 39.8 Å². The van der Waals surface area contributed by atoms with Gasteiger partial charge in [-0.15, -0.1) is 10.2 Å². The highest BCUT2D eigenvalue weighted by Crippen LogP contribution is 2.31. The van der Waals surface area contributed by atoms with Crippen LogP contribution >= 0.6 is 11.5 Å². The van der Waals surface area contributed by atoms with Crippen LogP contribution in [0.4, 0.5) is 5.95 Å². The van der Waals surface area contributed by atoms with Gasteiger partial charge in [-0.3, -0.25) is 0 Å². The minimum absolute atomic E-state index is 0.102. The van der Waals surface area contributed by atoms with Gasteiger partial charge in [-0.1, -0.05) is 26.8 Å². The Morgan fingerprint density at radius 1 is 1.17 bits per heavy atom. The van der Waals surface area contributed by atoms with Gasteiger partial charge in [0.2, 0.25) is 5.95 Å². The molecule has 3 heterocycles. The minimum atomic E-state index is 0.102. The molecule has 1 fully saturated rings. The first-order valence-electron chi connectivity index (χ1n) is 9.62. The smallest absolute Gasteiger partial charge is 0.245 e. The number of benzene rings is 1. The lowest BCUT2D eigenvalue weighted by atomic mass is 9.84. The highest BCUT2D eigenvalue weighted by molar-refractivity contribution is 7.03. The number of aromatic hydroxyl groups is 1. The molecule has 0 saturated carbocycles. The minimum Gasteiger partial charge on any atom is -0.507 e. The molecule has 8 nitrogen and oxygen atoms in total. The molecule has 0 bridgehead atoms. The molecule has 0 unspecified atom stereocenters. The molecular formula is C20H25N7OS. The third-order valence-corrected chi connectivity index (χ3v) is 5.63. The van der Waals surface area contributed by atoms with Crippen molar-refractivity contribution in [3.8, 4) is 28.4 Å². The average molecular weight is 412 g/mol. The fraction of sp³-hybridized carbons (Fsp3) is 0.450. The average Bonchev–Trinajstić information content (AvgIpc) is 3.22. The molecule has 0 amide bonds. The molecule has 4 rings (SSSR count). The normalized spacial score (nSPS) is 20.1. The van der Waals surface area contributed by atoms with Crippen LogP contribution in [0.25, 0.3) is 22.6 Å². The summed E-state index contributed by atoms with van der Waals surface area (Å²) in [6, 6.07) is 5.97. The van der Waals surface area contributed by atoms with Crippen LogP contribution in [-0.4, -0.2) is 54.8 Å². The highest BCUT2D eigenvalue weighted by Gasteiger charge is 2.33. The first kappa shape index (κ1) is 19.7. The Bertz CT molecular complexity index is 969. The van der Waals surface area contributed by atoms with Gasteiger partial charge < -0.3 is 15.3 Å². The molecule has 152 valence electrons. The summed E-state index contributed by atoms with van der Waals surface area (Å²) in [6.45, 7) is 10.5. The molecule has 1 aliphatic heterocycles. The molecule has 1 saturated heterocycles. The van der Waals surface area contributed by atoms with E-state index in [2.05, 4.69) is 62.5 Å². The lowest BCUT2D eigenvalue weighted by Crippen LogP contribution is -2.60. The highest BCUT2D eigenvalue weighted by atomic mass is 32.1. The van der Waals surface area contributed by atoms with Gasteiger partial charge in [-0.2, -0.15) is 4.37 Å². The Hall–Kier alpha value is -2.65. The Morgan fingerprint density at radius 2 is 2.00 bits per heavy atom. The van der Waals surface area contributed by atoms with Crippen molar-refractivity contribution in [1.29, 1.82) is 0 Å². The monoisotopic (exact) mass is 411 g/mol. The van der Waals surface area contributed by atoms with E-state index < -0.39 is 0 Å². The molecule has 9 heteroatoms. The van der Waals surface area contributed by atoms with E-state index in [9.17, 15) is 5.11 Å². The fourth-order valence-corrected chi connectivity index (χ4v) is 3.93. The first-order valence-corrected chi connectivity index (χ1v) is 10.5. The van der Waals surface area contributed by atoms with Crippen LogP contribution < -0.4 is 10.2 Å². The fourth-order valence-electron chi connectivity index (χ4n) is 3.48. The molecule has 0 aliphatic carbocycles. The summed E-state index contributed by atoms with van der Waals surface area (Å²) in [4.78, 5) is 10.9. The number of rotatable bonds is 3. The topological polar surface area (TPSA) is 100.0 Å². The first-order chi connectivity index (χ1) is 13.8. The van der Waals surface area contributed by atoms with Gasteiger partial charge in [0.25, 0.3) is 0 Å². The van der Waals surface area contributed by atoms with Crippen molar-refractivity contribution in [2.75, 3.05) is 18.0 Å². The van der Waals surface area contributed by atoms with Crippen molar-refractivity contribution in [3.05, 3.63) is 29.9 Å². The van der Waals surface area contributed by atoms with Gasteiger partial charge in [-0.25, -0.2) is 9.97 Å². The Kier molecular flexibility index (Phi) is 5.18. The summed E-state index contributed by atoms with van der Waals surface area (Å²) in [5, 5.41) is 22.8. The van der Waals surface area contributed by atoms with Crippen LogP contribution in [0.2, 0.25) is 0 Å². The Morgan fingerprint density at radius 3 is 2.62 bits per heavy atom. The van der Waals surface area contributed by atoms with Crippen molar-refractivity contribution in [2.24, 2.45) is 5.41 Å². The molecule has 29 heavy (non-hydrogen) atoms. The van der Waals surface area contributed by atoms with E-state index >= 15 is 0 Å². The number of hydrogen-bond acceptors (Lipinski definition) is 9. The number of nitrogens with one attached hydrogen (secondary N) is 1. The van der Waals surface area contributed by atoms with Crippen LogP contribution in [0, 0.1) is 5.41 Å². The predicted molar refractivity (Wildman–Crippen MR) is 114 cm³/mol.